The number of hydrogen-bond acceptors (Lipinski definition) is 3. The molecule has 0 amide bonds. The van der Waals surface area contributed by atoms with Gasteiger partial charge in [0.1, 0.15) is 6.04 Å². The van der Waals surface area contributed by atoms with E-state index < -0.39 is 24.8 Å². The first-order valence-corrected chi connectivity index (χ1v) is 7.30. The van der Waals surface area contributed by atoms with Crippen LogP contribution in [0.4, 0.5) is 0 Å². The van der Waals surface area contributed by atoms with Crippen molar-refractivity contribution in [1.29, 1.82) is 0 Å². The quantitative estimate of drug-likeness (QED) is 0.601. The average Bonchev–Trinajstić information content (AvgIpc) is 2.27. The molecule has 0 aliphatic heterocycles. The molecule has 0 fully saturated rings. The van der Waals surface area contributed by atoms with Gasteiger partial charge in [-0.1, -0.05) is 24.3 Å². The second-order valence-electron chi connectivity index (χ2n) is 4.95. The van der Waals surface area contributed by atoms with Crippen LogP contribution in [0.5, 0.6) is 0 Å². The van der Waals surface area contributed by atoms with E-state index in [0.29, 0.717) is 11.1 Å². The van der Waals surface area contributed by atoms with Crippen LogP contribution >= 0.6 is 7.60 Å². The third kappa shape index (κ3) is 3.64. The molecule has 6 nitrogen and oxygen atoms in total. The van der Waals surface area contributed by atoms with E-state index in [2.05, 4.69) is 0 Å². The lowest BCUT2D eigenvalue weighted by Crippen LogP contribution is -2.32. The smallest absolute Gasteiger partial charge is 0.335 e. The van der Waals surface area contributed by atoms with E-state index in [1.807, 2.05) is 0 Å². The van der Waals surface area contributed by atoms with Gasteiger partial charge in [-0.2, -0.15) is 0 Å². The summed E-state index contributed by atoms with van der Waals surface area (Å²) in [5, 5.41) is 7.43. The molecule has 0 saturated heterocycles. The Balaban J connectivity index is 3.08. The molecule has 0 unspecified atom stereocenters. The van der Waals surface area contributed by atoms with E-state index in [4.69, 9.17) is 10.8 Å². The highest BCUT2D eigenvalue weighted by molar-refractivity contribution is 7.53. The normalized spacial score (nSPS) is 14.2. The molecule has 0 aliphatic carbocycles. The standard InChI is InChI=1S/C12H18NO5P/c1-12(2,19(16,17)18)9-5-3-4-8(6-9)7-10(13)11(14)15/h3-6,10H,7,13H2,1-2H3,(H,14,15)(H2,16,17,18)/t10-/m0/s1. The van der Waals surface area contributed by atoms with Gasteiger partial charge >= 0.3 is 13.6 Å². The Morgan fingerprint density at radius 1 is 1.42 bits per heavy atom. The van der Waals surface area contributed by atoms with Gasteiger partial charge in [-0.15, -0.1) is 0 Å². The van der Waals surface area contributed by atoms with Crippen LogP contribution in [0.2, 0.25) is 0 Å². The molecular weight excluding hydrogens is 269 g/mol. The number of nitrogens with two attached hydrogens (primary N) is 1. The monoisotopic (exact) mass is 287 g/mol. The zero-order valence-electron chi connectivity index (χ0n) is 10.8. The van der Waals surface area contributed by atoms with Gasteiger partial charge in [0.05, 0.1) is 5.16 Å². The first kappa shape index (κ1) is 15.9. The molecule has 1 rings (SSSR count). The van der Waals surface area contributed by atoms with Crippen molar-refractivity contribution in [3.8, 4) is 0 Å². The van der Waals surface area contributed by atoms with E-state index in [1.54, 1.807) is 24.3 Å². The van der Waals surface area contributed by atoms with Crippen LogP contribution in [0.1, 0.15) is 25.0 Å². The summed E-state index contributed by atoms with van der Waals surface area (Å²) in [5.74, 6) is -1.11. The lowest BCUT2D eigenvalue weighted by molar-refractivity contribution is -0.138. The molecule has 0 saturated carbocycles. The van der Waals surface area contributed by atoms with Crippen molar-refractivity contribution in [2.24, 2.45) is 5.73 Å². The van der Waals surface area contributed by atoms with Crippen molar-refractivity contribution in [2.45, 2.75) is 31.5 Å². The van der Waals surface area contributed by atoms with Crippen molar-refractivity contribution < 1.29 is 24.3 Å². The van der Waals surface area contributed by atoms with Gasteiger partial charge < -0.3 is 20.6 Å². The molecule has 0 heterocycles. The molecule has 0 spiro atoms. The van der Waals surface area contributed by atoms with Gasteiger partial charge in [-0.25, -0.2) is 0 Å². The zero-order chi connectivity index (χ0) is 14.8. The van der Waals surface area contributed by atoms with Gasteiger partial charge in [-0.05, 0) is 31.4 Å². The minimum atomic E-state index is -4.31. The second kappa shape index (κ2) is 5.43. The molecule has 0 aliphatic rings. The predicted octanol–water partition coefficient (Wildman–Crippen LogP) is 1.05. The van der Waals surface area contributed by atoms with Gasteiger partial charge in [0.25, 0.3) is 0 Å². The first-order valence-electron chi connectivity index (χ1n) is 5.69. The summed E-state index contributed by atoms with van der Waals surface area (Å²) in [7, 11) is -4.31. The van der Waals surface area contributed by atoms with Crippen LogP contribution in [0.25, 0.3) is 0 Å². The Bertz CT molecular complexity index is 523. The van der Waals surface area contributed by atoms with E-state index in [-0.39, 0.29) is 6.42 Å². The molecule has 0 aromatic heterocycles. The molecule has 0 radical (unpaired) electrons. The molecule has 1 aromatic rings. The predicted molar refractivity (Wildman–Crippen MR) is 70.8 cm³/mol. The highest BCUT2D eigenvalue weighted by Gasteiger charge is 2.39. The Labute approximate surface area is 111 Å². The fraction of sp³-hybridized carbons (Fsp3) is 0.417. The molecule has 7 heteroatoms. The summed E-state index contributed by atoms with van der Waals surface area (Å²) in [4.78, 5) is 29.4. The Kier molecular flexibility index (Phi) is 4.53. The van der Waals surface area contributed by atoms with Crippen LogP contribution in [0, 0.1) is 0 Å². The maximum atomic E-state index is 11.5. The number of carbonyl (C=O) groups is 1. The summed E-state index contributed by atoms with van der Waals surface area (Å²) in [6.07, 6.45) is 0.112. The maximum absolute atomic E-state index is 11.5. The summed E-state index contributed by atoms with van der Waals surface area (Å²) < 4.78 is 11.5. The molecule has 5 N–H and O–H groups in total. The fourth-order valence-electron chi connectivity index (χ4n) is 1.59. The van der Waals surface area contributed by atoms with Gasteiger partial charge in [0.2, 0.25) is 0 Å². The minimum Gasteiger partial charge on any atom is -0.480 e. The fourth-order valence-corrected chi connectivity index (χ4v) is 2.06. The maximum Gasteiger partial charge on any atom is 0.335 e. The van der Waals surface area contributed by atoms with E-state index in [0.717, 1.165) is 0 Å². The van der Waals surface area contributed by atoms with Crippen LogP contribution in [0.15, 0.2) is 24.3 Å². The topological polar surface area (TPSA) is 121 Å². The second-order valence-corrected chi connectivity index (χ2v) is 7.16. The molecule has 1 atom stereocenters. The van der Waals surface area contributed by atoms with Crippen LogP contribution < -0.4 is 5.73 Å². The third-order valence-corrected chi connectivity index (χ3v) is 4.85. The Morgan fingerprint density at radius 3 is 2.47 bits per heavy atom. The highest BCUT2D eigenvalue weighted by atomic mass is 31.2. The molecule has 0 bridgehead atoms. The van der Waals surface area contributed by atoms with Crippen molar-refractivity contribution in [3.63, 3.8) is 0 Å². The number of hydrogen-bond donors (Lipinski definition) is 4. The van der Waals surface area contributed by atoms with E-state index in [9.17, 15) is 19.1 Å². The van der Waals surface area contributed by atoms with E-state index >= 15 is 0 Å². The van der Waals surface area contributed by atoms with Crippen molar-refractivity contribution >= 4 is 13.6 Å². The van der Waals surface area contributed by atoms with Crippen LogP contribution in [-0.2, 0) is 20.9 Å². The SMILES string of the molecule is CC(C)(c1cccc(C[C@H](N)C(=O)O)c1)P(=O)(O)O. The van der Waals surface area contributed by atoms with Crippen LogP contribution in [0.3, 0.4) is 0 Å². The molecule has 1 aromatic carbocycles. The van der Waals surface area contributed by atoms with Crippen molar-refractivity contribution in [1.82, 2.24) is 0 Å². The zero-order valence-corrected chi connectivity index (χ0v) is 11.7. The van der Waals surface area contributed by atoms with Gasteiger partial charge in [0.15, 0.2) is 0 Å². The number of aliphatic carboxylic acids is 1. The Hall–Kier alpha value is -1.20. The van der Waals surface area contributed by atoms with Crippen molar-refractivity contribution in [2.75, 3.05) is 0 Å². The summed E-state index contributed by atoms with van der Waals surface area (Å²) in [5.41, 5.74) is 6.53. The largest absolute Gasteiger partial charge is 0.480 e. The summed E-state index contributed by atoms with van der Waals surface area (Å²) in [6, 6.07) is 5.48. The lowest BCUT2D eigenvalue weighted by atomic mass is 9.97. The summed E-state index contributed by atoms with van der Waals surface area (Å²) in [6.45, 7) is 2.90. The molecular formula is C12H18NO5P. The Morgan fingerprint density at radius 2 is 2.00 bits per heavy atom. The third-order valence-electron chi connectivity index (χ3n) is 3.13. The number of carboxylic acids is 1. The highest BCUT2D eigenvalue weighted by Crippen LogP contribution is 2.56. The number of rotatable bonds is 5. The first-order chi connectivity index (χ1) is 8.55. The molecule has 19 heavy (non-hydrogen) atoms. The average molecular weight is 287 g/mol. The lowest BCUT2D eigenvalue weighted by Gasteiger charge is -2.26. The minimum absolute atomic E-state index is 0.112. The number of carboxylic acid groups (broad SMARTS) is 1. The molecule has 106 valence electrons. The van der Waals surface area contributed by atoms with Gasteiger partial charge in [-0.3, -0.25) is 9.36 Å². The van der Waals surface area contributed by atoms with Crippen LogP contribution in [-0.4, -0.2) is 26.9 Å². The van der Waals surface area contributed by atoms with E-state index in [1.165, 1.54) is 13.8 Å². The summed E-state index contributed by atoms with van der Waals surface area (Å²) >= 11 is 0. The number of benzene rings is 1. The van der Waals surface area contributed by atoms with Crippen molar-refractivity contribution in [3.05, 3.63) is 35.4 Å². The van der Waals surface area contributed by atoms with Gasteiger partial charge in [0, 0.05) is 0 Å².